The number of hydrogen-bond donors (Lipinski definition) is 0. The Labute approximate surface area is 156 Å². The van der Waals surface area contributed by atoms with Crippen LogP contribution < -0.4 is 10.5 Å². The lowest BCUT2D eigenvalue weighted by molar-refractivity contribution is -0.118. The summed E-state index contributed by atoms with van der Waals surface area (Å²) in [4.78, 5) is 26.8. The van der Waals surface area contributed by atoms with Crippen molar-refractivity contribution in [1.82, 2.24) is 0 Å². The number of carbonyl (C=O) groups is 1. The van der Waals surface area contributed by atoms with Crippen LogP contribution in [0.4, 0.5) is 10.1 Å². The quantitative estimate of drug-likeness (QED) is 0.641. The van der Waals surface area contributed by atoms with E-state index in [1.807, 2.05) is 26.0 Å². The number of rotatable bonds is 2. The van der Waals surface area contributed by atoms with Crippen LogP contribution in [0, 0.1) is 12.7 Å². The Balaban J connectivity index is 1.73. The summed E-state index contributed by atoms with van der Waals surface area (Å²) in [5.74, 6) is -0.403. The molecular weight excluding hydrogens is 345 g/mol. The Morgan fingerprint density at radius 1 is 1.22 bits per heavy atom. The molecule has 4 rings (SSSR count). The number of fused-ring (bicyclic) bond motifs is 2. The average molecular weight is 365 g/mol. The second kappa shape index (κ2) is 6.65. The third kappa shape index (κ3) is 3.25. The van der Waals surface area contributed by atoms with Gasteiger partial charge in [-0.05, 0) is 67.6 Å². The van der Waals surface area contributed by atoms with E-state index >= 15 is 0 Å². The van der Waals surface area contributed by atoms with Gasteiger partial charge in [0.05, 0.1) is 6.42 Å². The normalized spacial score (nSPS) is 16.4. The summed E-state index contributed by atoms with van der Waals surface area (Å²) < 4.78 is 18.8. The Hall–Kier alpha value is -2.95. The van der Waals surface area contributed by atoms with E-state index in [4.69, 9.17) is 4.42 Å². The molecule has 1 aliphatic heterocycles. The van der Waals surface area contributed by atoms with Crippen molar-refractivity contribution in [2.75, 3.05) is 4.90 Å². The topological polar surface area (TPSA) is 50.5 Å². The molecule has 4 nitrogen and oxygen atoms in total. The van der Waals surface area contributed by atoms with Gasteiger partial charge in [0, 0.05) is 23.2 Å². The third-order valence-corrected chi connectivity index (χ3v) is 5.17. The number of amides is 1. The first-order valence-corrected chi connectivity index (χ1v) is 9.06. The van der Waals surface area contributed by atoms with E-state index in [1.165, 1.54) is 18.2 Å². The van der Waals surface area contributed by atoms with Crippen LogP contribution in [-0.2, 0) is 17.6 Å². The summed E-state index contributed by atoms with van der Waals surface area (Å²) in [5.41, 5.74) is 3.24. The van der Waals surface area contributed by atoms with E-state index in [0.717, 1.165) is 35.0 Å². The van der Waals surface area contributed by atoms with Gasteiger partial charge in [-0.25, -0.2) is 9.18 Å². The van der Waals surface area contributed by atoms with Crippen molar-refractivity contribution in [2.45, 2.75) is 39.2 Å². The Kier molecular flexibility index (Phi) is 4.30. The van der Waals surface area contributed by atoms with Crippen molar-refractivity contribution in [2.24, 2.45) is 0 Å². The lowest BCUT2D eigenvalue weighted by atomic mass is 9.95. The van der Waals surface area contributed by atoms with Crippen LogP contribution in [0.3, 0.4) is 0 Å². The van der Waals surface area contributed by atoms with Gasteiger partial charge >= 0.3 is 5.63 Å². The van der Waals surface area contributed by atoms with Crippen LogP contribution in [0.15, 0.2) is 51.7 Å². The van der Waals surface area contributed by atoms with Crippen LogP contribution in [0.2, 0.25) is 0 Å². The van der Waals surface area contributed by atoms with Crippen molar-refractivity contribution in [3.8, 4) is 0 Å². The summed E-state index contributed by atoms with van der Waals surface area (Å²) in [6, 6.07) is 11.5. The molecule has 1 atom stereocenters. The monoisotopic (exact) mass is 365 g/mol. The first-order valence-electron chi connectivity index (χ1n) is 9.06. The Bertz CT molecular complexity index is 1100. The highest BCUT2D eigenvalue weighted by atomic mass is 19.1. The lowest BCUT2D eigenvalue weighted by Gasteiger charge is -2.35. The highest BCUT2D eigenvalue weighted by Gasteiger charge is 2.28. The van der Waals surface area contributed by atoms with Crippen LogP contribution in [-0.4, -0.2) is 11.9 Å². The maximum Gasteiger partial charge on any atom is 0.336 e. The molecule has 138 valence electrons. The molecule has 0 N–H and O–H groups in total. The van der Waals surface area contributed by atoms with Gasteiger partial charge in [-0.3, -0.25) is 4.79 Å². The minimum Gasteiger partial charge on any atom is -0.423 e. The Morgan fingerprint density at radius 3 is 2.85 bits per heavy atom. The van der Waals surface area contributed by atoms with Gasteiger partial charge in [-0.15, -0.1) is 0 Å². The highest BCUT2D eigenvalue weighted by Crippen LogP contribution is 2.32. The zero-order valence-electron chi connectivity index (χ0n) is 15.3. The SMILES string of the molecule is Cc1ccc2c(CC(=O)N3c4ccc(F)cc4CC[C@@H]3C)cc(=O)oc2c1. The maximum absolute atomic E-state index is 13.6. The van der Waals surface area contributed by atoms with Gasteiger partial charge < -0.3 is 9.32 Å². The molecule has 2 heterocycles. The fourth-order valence-electron chi connectivity index (χ4n) is 3.83. The van der Waals surface area contributed by atoms with E-state index in [2.05, 4.69) is 0 Å². The summed E-state index contributed by atoms with van der Waals surface area (Å²) in [6.45, 7) is 3.91. The molecule has 27 heavy (non-hydrogen) atoms. The molecule has 0 radical (unpaired) electrons. The van der Waals surface area contributed by atoms with Gasteiger partial charge in [-0.2, -0.15) is 0 Å². The number of nitrogens with zero attached hydrogens (tertiary/aromatic N) is 1. The molecule has 1 aliphatic rings. The molecule has 0 saturated carbocycles. The van der Waals surface area contributed by atoms with Crippen molar-refractivity contribution in [1.29, 1.82) is 0 Å². The maximum atomic E-state index is 13.6. The Morgan fingerprint density at radius 2 is 2.04 bits per heavy atom. The van der Waals surface area contributed by atoms with E-state index in [9.17, 15) is 14.0 Å². The number of hydrogen-bond acceptors (Lipinski definition) is 3. The molecule has 0 fully saturated rings. The number of halogens is 1. The van der Waals surface area contributed by atoms with Crippen LogP contribution in [0.25, 0.3) is 11.0 Å². The number of carbonyl (C=O) groups excluding carboxylic acids is 1. The van der Waals surface area contributed by atoms with Crippen LogP contribution in [0.1, 0.15) is 30.0 Å². The standard InChI is InChI=1S/C22H20FNO3/c1-13-3-7-18-16(12-22(26)27-20(18)9-13)11-21(25)24-14(2)4-5-15-10-17(23)6-8-19(15)24/h3,6-10,12,14H,4-5,11H2,1-2H3/t14-/m0/s1. The first-order chi connectivity index (χ1) is 12.9. The molecule has 1 amide bonds. The molecule has 0 aliphatic carbocycles. The predicted octanol–water partition coefficient (Wildman–Crippen LogP) is 4.15. The first kappa shape index (κ1) is 17.5. The van der Waals surface area contributed by atoms with E-state index in [0.29, 0.717) is 11.1 Å². The molecule has 0 spiro atoms. The molecule has 5 heteroatoms. The van der Waals surface area contributed by atoms with Gasteiger partial charge in [0.25, 0.3) is 0 Å². The summed E-state index contributed by atoms with van der Waals surface area (Å²) in [7, 11) is 0. The largest absolute Gasteiger partial charge is 0.423 e. The number of anilines is 1. The minimum atomic E-state index is -0.468. The summed E-state index contributed by atoms with van der Waals surface area (Å²) in [5, 5.41) is 0.762. The van der Waals surface area contributed by atoms with Crippen molar-refractivity contribution in [3.63, 3.8) is 0 Å². The lowest BCUT2D eigenvalue weighted by Crippen LogP contribution is -2.43. The fraction of sp³-hybridized carbons (Fsp3) is 0.273. The zero-order valence-corrected chi connectivity index (χ0v) is 15.3. The zero-order chi connectivity index (χ0) is 19.1. The molecule has 0 bridgehead atoms. The van der Waals surface area contributed by atoms with E-state index in [-0.39, 0.29) is 24.2 Å². The average Bonchev–Trinajstić information content (AvgIpc) is 2.61. The highest BCUT2D eigenvalue weighted by molar-refractivity contribution is 5.98. The molecular formula is C22H20FNO3. The van der Waals surface area contributed by atoms with Crippen molar-refractivity contribution in [3.05, 3.63) is 75.4 Å². The van der Waals surface area contributed by atoms with E-state index in [1.54, 1.807) is 17.0 Å². The molecule has 2 aromatic carbocycles. The number of aryl methyl sites for hydroxylation is 2. The molecule has 0 saturated heterocycles. The summed E-state index contributed by atoms with van der Waals surface area (Å²) in [6.07, 6.45) is 1.61. The number of benzene rings is 2. The van der Waals surface area contributed by atoms with Crippen LogP contribution >= 0.6 is 0 Å². The predicted molar refractivity (Wildman–Crippen MR) is 103 cm³/mol. The molecule has 3 aromatic rings. The van der Waals surface area contributed by atoms with Gasteiger partial charge in [0.2, 0.25) is 5.91 Å². The van der Waals surface area contributed by atoms with Crippen molar-refractivity contribution < 1.29 is 13.6 Å². The molecule has 1 aromatic heterocycles. The van der Waals surface area contributed by atoms with Gasteiger partial charge in [-0.1, -0.05) is 12.1 Å². The summed E-state index contributed by atoms with van der Waals surface area (Å²) >= 11 is 0. The smallest absolute Gasteiger partial charge is 0.336 e. The van der Waals surface area contributed by atoms with Gasteiger partial charge in [0.15, 0.2) is 0 Å². The van der Waals surface area contributed by atoms with Crippen LogP contribution in [0.5, 0.6) is 0 Å². The molecule has 0 unspecified atom stereocenters. The van der Waals surface area contributed by atoms with Gasteiger partial charge in [0.1, 0.15) is 11.4 Å². The minimum absolute atomic E-state index is 0.0177. The fourth-order valence-corrected chi connectivity index (χ4v) is 3.83. The second-order valence-electron chi connectivity index (χ2n) is 7.19. The third-order valence-electron chi connectivity index (χ3n) is 5.17. The second-order valence-corrected chi connectivity index (χ2v) is 7.19. The van der Waals surface area contributed by atoms with E-state index < -0.39 is 5.63 Å². The van der Waals surface area contributed by atoms with Crippen molar-refractivity contribution >= 4 is 22.6 Å².